The zero-order valence-corrected chi connectivity index (χ0v) is 9.73. The highest BCUT2D eigenvalue weighted by molar-refractivity contribution is 9.10. The maximum Gasteiger partial charge on any atom is 0.151 e. The summed E-state index contributed by atoms with van der Waals surface area (Å²) < 4.78 is 20.1. The molecule has 1 heterocycles. The van der Waals surface area contributed by atoms with E-state index in [9.17, 15) is 4.39 Å². The molecule has 1 saturated carbocycles. The minimum atomic E-state index is -0.256. The fourth-order valence-electron chi connectivity index (χ4n) is 2.17. The Balaban J connectivity index is 2.01. The Morgan fingerprint density at radius 1 is 1.40 bits per heavy atom. The minimum Gasteiger partial charge on any atom is -0.483 e. The molecule has 0 aromatic heterocycles. The van der Waals surface area contributed by atoms with E-state index in [0.29, 0.717) is 11.4 Å². The van der Waals surface area contributed by atoms with Gasteiger partial charge in [0.05, 0.1) is 6.54 Å². The van der Waals surface area contributed by atoms with Crippen LogP contribution in [0.25, 0.3) is 0 Å². The number of benzene rings is 1. The fraction of sp³-hybridized carbons (Fsp3) is 0.455. The van der Waals surface area contributed by atoms with Gasteiger partial charge in [0.2, 0.25) is 0 Å². The van der Waals surface area contributed by atoms with Crippen LogP contribution < -0.4 is 10.1 Å². The number of rotatable bonds is 0. The Labute approximate surface area is 95.9 Å². The van der Waals surface area contributed by atoms with Gasteiger partial charge in [-0.2, -0.15) is 0 Å². The van der Waals surface area contributed by atoms with Crippen LogP contribution >= 0.6 is 15.9 Å². The molecule has 80 valence electrons. The van der Waals surface area contributed by atoms with Crippen molar-refractivity contribution in [2.45, 2.75) is 24.9 Å². The average Bonchev–Trinajstić information content (AvgIpc) is 2.14. The molecular formula is C11H11BrFNO. The van der Waals surface area contributed by atoms with E-state index in [4.69, 9.17) is 4.74 Å². The summed E-state index contributed by atoms with van der Waals surface area (Å²) in [6.07, 6.45) is 3.33. The molecule has 0 bridgehead atoms. The van der Waals surface area contributed by atoms with Gasteiger partial charge in [-0.15, -0.1) is 0 Å². The van der Waals surface area contributed by atoms with Crippen molar-refractivity contribution < 1.29 is 9.13 Å². The number of hydrogen-bond acceptors (Lipinski definition) is 2. The Kier molecular flexibility index (Phi) is 1.96. The molecule has 0 atom stereocenters. The van der Waals surface area contributed by atoms with Gasteiger partial charge in [-0.25, -0.2) is 4.39 Å². The maximum atomic E-state index is 13.5. The van der Waals surface area contributed by atoms with Gasteiger partial charge in [-0.1, -0.05) is 15.9 Å². The predicted molar refractivity (Wildman–Crippen MR) is 59.8 cm³/mol. The van der Waals surface area contributed by atoms with Crippen molar-refractivity contribution in [2.75, 3.05) is 11.9 Å². The molecule has 15 heavy (non-hydrogen) atoms. The SMILES string of the molecule is Fc1cc(Br)cc2c1NCC1(CCC1)O2. The molecule has 0 unspecified atom stereocenters. The molecule has 1 aromatic carbocycles. The summed E-state index contributed by atoms with van der Waals surface area (Å²) in [6, 6.07) is 3.28. The van der Waals surface area contributed by atoms with E-state index in [2.05, 4.69) is 21.2 Å². The predicted octanol–water partition coefficient (Wildman–Crippen LogP) is 3.32. The van der Waals surface area contributed by atoms with Gasteiger partial charge < -0.3 is 10.1 Å². The second-order valence-electron chi connectivity index (χ2n) is 4.25. The summed E-state index contributed by atoms with van der Waals surface area (Å²) in [5.74, 6) is 0.376. The van der Waals surface area contributed by atoms with E-state index in [-0.39, 0.29) is 11.4 Å². The van der Waals surface area contributed by atoms with Crippen molar-refractivity contribution in [1.82, 2.24) is 0 Å². The summed E-state index contributed by atoms with van der Waals surface area (Å²) in [7, 11) is 0. The molecule has 0 amide bonds. The van der Waals surface area contributed by atoms with E-state index in [1.165, 1.54) is 12.5 Å². The number of halogens is 2. The van der Waals surface area contributed by atoms with E-state index < -0.39 is 0 Å². The summed E-state index contributed by atoms with van der Waals surface area (Å²) in [4.78, 5) is 0. The van der Waals surface area contributed by atoms with Gasteiger partial charge in [-0.3, -0.25) is 0 Å². The number of ether oxygens (including phenoxy) is 1. The highest BCUT2D eigenvalue weighted by Crippen LogP contribution is 2.44. The Morgan fingerprint density at radius 3 is 2.87 bits per heavy atom. The largest absolute Gasteiger partial charge is 0.483 e. The highest BCUT2D eigenvalue weighted by atomic mass is 79.9. The summed E-state index contributed by atoms with van der Waals surface area (Å²) in [5.41, 5.74) is 0.427. The first-order chi connectivity index (χ1) is 7.19. The second-order valence-corrected chi connectivity index (χ2v) is 5.17. The molecular weight excluding hydrogens is 261 g/mol. The minimum absolute atomic E-state index is 0.0692. The zero-order valence-electron chi connectivity index (χ0n) is 8.15. The molecule has 1 aliphatic heterocycles. The molecule has 1 aromatic rings. The number of anilines is 1. The Morgan fingerprint density at radius 2 is 2.20 bits per heavy atom. The molecule has 4 heteroatoms. The molecule has 2 nitrogen and oxygen atoms in total. The van der Waals surface area contributed by atoms with Gasteiger partial charge in [0.1, 0.15) is 17.0 Å². The Hall–Kier alpha value is -0.770. The topological polar surface area (TPSA) is 21.3 Å². The smallest absolute Gasteiger partial charge is 0.151 e. The van der Waals surface area contributed by atoms with E-state index >= 15 is 0 Å². The lowest BCUT2D eigenvalue weighted by Crippen LogP contribution is -2.51. The zero-order chi connectivity index (χ0) is 10.5. The molecule has 1 spiro atoms. The Bertz CT molecular complexity index is 417. The van der Waals surface area contributed by atoms with Gasteiger partial charge >= 0.3 is 0 Å². The molecule has 0 saturated heterocycles. The average molecular weight is 272 g/mol. The first kappa shape index (κ1) is 9.46. The normalized spacial score (nSPS) is 21.2. The summed E-state index contributed by atoms with van der Waals surface area (Å²) >= 11 is 3.27. The van der Waals surface area contributed by atoms with Crippen LogP contribution in [0.1, 0.15) is 19.3 Å². The van der Waals surface area contributed by atoms with Gasteiger partial charge in [-0.05, 0) is 31.4 Å². The van der Waals surface area contributed by atoms with Crippen LogP contribution in [-0.2, 0) is 0 Å². The van der Waals surface area contributed by atoms with Crippen LogP contribution in [0.5, 0.6) is 5.75 Å². The second kappa shape index (κ2) is 3.11. The van der Waals surface area contributed by atoms with Crippen LogP contribution in [0.3, 0.4) is 0 Å². The van der Waals surface area contributed by atoms with Crippen molar-refractivity contribution >= 4 is 21.6 Å². The molecule has 1 N–H and O–H groups in total. The van der Waals surface area contributed by atoms with Crippen LogP contribution in [0.4, 0.5) is 10.1 Å². The maximum absolute atomic E-state index is 13.5. The van der Waals surface area contributed by atoms with Gasteiger partial charge in [0.25, 0.3) is 0 Å². The monoisotopic (exact) mass is 271 g/mol. The third-order valence-electron chi connectivity index (χ3n) is 3.20. The number of nitrogens with one attached hydrogen (secondary N) is 1. The molecule has 1 fully saturated rings. The lowest BCUT2D eigenvalue weighted by atomic mass is 9.79. The molecule has 2 aliphatic rings. The first-order valence-corrected chi connectivity index (χ1v) is 5.90. The fourth-order valence-corrected chi connectivity index (χ4v) is 2.58. The van der Waals surface area contributed by atoms with Gasteiger partial charge in [0.15, 0.2) is 5.82 Å². The standard InChI is InChI=1S/C11H11BrFNO/c12-7-4-8(13)10-9(5-7)15-11(6-14-10)2-1-3-11/h4-5,14H,1-3,6H2. The van der Waals surface area contributed by atoms with Gasteiger partial charge in [0, 0.05) is 4.47 Å². The van der Waals surface area contributed by atoms with E-state index in [0.717, 1.165) is 23.9 Å². The molecule has 0 radical (unpaired) electrons. The third-order valence-corrected chi connectivity index (χ3v) is 3.66. The summed E-state index contributed by atoms with van der Waals surface area (Å²) in [5, 5.41) is 3.13. The third kappa shape index (κ3) is 1.42. The van der Waals surface area contributed by atoms with Crippen LogP contribution in [0.15, 0.2) is 16.6 Å². The van der Waals surface area contributed by atoms with Crippen molar-refractivity contribution in [3.8, 4) is 5.75 Å². The van der Waals surface area contributed by atoms with Crippen molar-refractivity contribution in [3.05, 3.63) is 22.4 Å². The lowest BCUT2D eigenvalue weighted by Gasteiger charge is -2.45. The van der Waals surface area contributed by atoms with Crippen molar-refractivity contribution in [1.29, 1.82) is 0 Å². The van der Waals surface area contributed by atoms with E-state index in [1.54, 1.807) is 0 Å². The molecule has 3 rings (SSSR count). The highest BCUT2D eigenvalue weighted by Gasteiger charge is 2.42. The van der Waals surface area contributed by atoms with Crippen LogP contribution in [0.2, 0.25) is 0 Å². The van der Waals surface area contributed by atoms with Crippen molar-refractivity contribution in [2.24, 2.45) is 0 Å². The van der Waals surface area contributed by atoms with Crippen LogP contribution in [-0.4, -0.2) is 12.1 Å². The summed E-state index contributed by atoms with van der Waals surface area (Å²) in [6.45, 7) is 0.721. The number of fused-ring (bicyclic) bond motifs is 1. The van der Waals surface area contributed by atoms with Crippen molar-refractivity contribution in [3.63, 3.8) is 0 Å². The first-order valence-electron chi connectivity index (χ1n) is 5.11. The quantitative estimate of drug-likeness (QED) is 0.782. The van der Waals surface area contributed by atoms with E-state index in [1.807, 2.05) is 6.07 Å². The number of hydrogen-bond donors (Lipinski definition) is 1. The molecule has 1 aliphatic carbocycles. The van der Waals surface area contributed by atoms with Crippen LogP contribution in [0, 0.1) is 5.82 Å². The lowest BCUT2D eigenvalue weighted by molar-refractivity contribution is -0.000279.